The van der Waals surface area contributed by atoms with E-state index in [4.69, 9.17) is 9.47 Å². The van der Waals surface area contributed by atoms with Crippen LogP contribution >= 0.6 is 0 Å². The second kappa shape index (κ2) is 11.2. The van der Waals surface area contributed by atoms with Gasteiger partial charge in [-0.15, -0.1) is 0 Å². The Balaban J connectivity index is 1.51. The minimum absolute atomic E-state index is 0.114. The fourth-order valence-corrected chi connectivity index (χ4v) is 2.74. The van der Waals surface area contributed by atoms with Crippen molar-refractivity contribution >= 4 is 23.5 Å². The van der Waals surface area contributed by atoms with Crippen LogP contribution in [0.2, 0.25) is 0 Å². The van der Waals surface area contributed by atoms with Gasteiger partial charge in [0, 0.05) is 24.4 Å². The lowest BCUT2D eigenvalue weighted by Gasteiger charge is -2.09. The molecule has 1 aromatic heterocycles. The molecule has 2 N–H and O–H groups in total. The topological polar surface area (TPSA) is 129 Å². The molecule has 10 heteroatoms. The van der Waals surface area contributed by atoms with Gasteiger partial charge in [0.1, 0.15) is 12.4 Å². The Hall–Kier alpha value is -4.47. The first-order valence-corrected chi connectivity index (χ1v) is 10.0. The summed E-state index contributed by atoms with van der Waals surface area (Å²) < 4.78 is 11.6. The van der Waals surface area contributed by atoms with E-state index in [2.05, 4.69) is 15.7 Å². The number of anilines is 1. The molecule has 0 unspecified atom stereocenters. The van der Waals surface area contributed by atoms with E-state index in [0.717, 1.165) is 4.68 Å². The molecule has 2 aromatic carbocycles. The van der Waals surface area contributed by atoms with Gasteiger partial charge in [-0.1, -0.05) is 18.2 Å². The van der Waals surface area contributed by atoms with Gasteiger partial charge in [0.2, 0.25) is 0 Å². The summed E-state index contributed by atoms with van der Waals surface area (Å²) in [6.45, 7) is -0.244. The summed E-state index contributed by atoms with van der Waals surface area (Å²) in [5.74, 6) is -1.02. The van der Waals surface area contributed by atoms with Crippen molar-refractivity contribution in [3.8, 4) is 5.75 Å². The highest BCUT2D eigenvalue weighted by atomic mass is 16.5. The van der Waals surface area contributed by atoms with E-state index >= 15 is 0 Å². The van der Waals surface area contributed by atoms with Gasteiger partial charge in [0.25, 0.3) is 17.4 Å². The van der Waals surface area contributed by atoms with Gasteiger partial charge in [0.05, 0.1) is 6.54 Å². The number of esters is 1. The third-order valence-corrected chi connectivity index (χ3v) is 4.38. The highest BCUT2D eigenvalue weighted by Gasteiger charge is 2.14. The highest BCUT2D eigenvalue weighted by molar-refractivity contribution is 5.96. The van der Waals surface area contributed by atoms with Crippen LogP contribution in [0.4, 0.5) is 5.69 Å². The summed E-state index contributed by atoms with van der Waals surface area (Å²) in [6, 6.07) is 17.7. The van der Waals surface area contributed by atoms with Crippen LogP contribution in [-0.4, -0.2) is 47.8 Å². The predicted molar refractivity (Wildman–Crippen MR) is 119 cm³/mol. The molecule has 0 bridgehead atoms. The number of amides is 2. The number of para-hydroxylation sites is 1. The first-order valence-electron chi connectivity index (χ1n) is 10.0. The van der Waals surface area contributed by atoms with Gasteiger partial charge in [-0.2, -0.15) is 5.10 Å². The number of hydrogen-bond donors (Lipinski definition) is 2. The molecule has 0 spiro atoms. The molecule has 2 amide bonds. The molecule has 33 heavy (non-hydrogen) atoms. The second-order valence-corrected chi connectivity index (χ2v) is 6.72. The molecule has 0 saturated carbocycles. The Bertz CT molecular complexity index is 1180. The lowest BCUT2D eigenvalue weighted by Crippen LogP contribution is -2.28. The van der Waals surface area contributed by atoms with Crippen LogP contribution in [0.5, 0.6) is 5.75 Å². The standard InChI is InChI=1S/C23H22N4O6/c1-24-22(30)16-7-9-17(10-8-16)25-20(28)15-33-23(31)19-11-12-21(29)27(26-19)13-14-32-18-5-3-2-4-6-18/h2-12H,13-15H2,1H3,(H,24,30)(H,25,28). The van der Waals surface area contributed by atoms with Crippen LogP contribution in [0.3, 0.4) is 0 Å². The fraction of sp³-hybridized carbons (Fsp3) is 0.174. The predicted octanol–water partition coefficient (Wildman–Crippen LogP) is 1.48. The van der Waals surface area contributed by atoms with Gasteiger partial charge < -0.3 is 20.1 Å². The monoisotopic (exact) mass is 450 g/mol. The van der Waals surface area contributed by atoms with Crippen molar-refractivity contribution < 1.29 is 23.9 Å². The van der Waals surface area contributed by atoms with Crippen molar-refractivity contribution in [2.75, 3.05) is 25.6 Å². The van der Waals surface area contributed by atoms with Crippen molar-refractivity contribution in [1.82, 2.24) is 15.1 Å². The van der Waals surface area contributed by atoms with Gasteiger partial charge in [-0.05, 0) is 42.5 Å². The van der Waals surface area contributed by atoms with Gasteiger partial charge >= 0.3 is 5.97 Å². The molecule has 0 radical (unpaired) electrons. The van der Waals surface area contributed by atoms with E-state index in [0.29, 0.717) is 17.0 Å². The Morgan fingerprint density at radius 1 is 0.970 bits per heavy atom. The maximum Gasteiger partial charge on any atom is 0.359 e. The Labute approximate surface area is 189 Å². The third-order valence-electron chi connectivity index (χ3n) is 4.38. The van der Waals surface area contributed by atoms with Crippen molar-refractivity contribution in [1.29, 1.82) is 0 Å². The third kappa shape index (κ3) is 6.76. The second-order valence-electron chi connectivity index (χ2n) is 6.72. The van der Waals surface area contributed by atoms with Crippen molar-refractivity contribution in [2.45, 2.75) is 6.54 Å². The Morgan fingerprint density at radius 3 is 2.39 bits per heavy atom. The van der Waals surface area contributed by atoms with E-state index in [1.54, 1.807) is 36.4 Å². The number of nitrogens with one attached hydrogen (secondary N) is 2. The van der Waals surface area contributed by atoms with Crippen LogP contribution in [0.15, 0.2) is 71.5 Å². The van der Waals surface area contributed by atoms with Crippen molar-refractivity contribution in [3.63, 3.8) is 0 Å². The lowest BCUT2D eigenvalue weighted by atomic mass is 10.2. The molecule has 3 aromatic rings. The number of rotatable bonds is 9. The summed E-state index contributed by atoms with van der Waals surface area (Å²) in [7, 11) is 1.52. The van der Waals surface area contributed by atoms with Crippen molar-refractivity contribution in [3.05, 3.63) is 88.3 Å². The van der Waals surface area contributed by atoms with Gasteiger partial charge in [-0.25, -0.2) is 9.48 Å². The quantitative estimate of drug-likeness (QED) is 0.473. The lowest BCUT2D eigenvalue weighted by molar-refractivity contribution is -0.119. The Morgan fingerprint density at radius 2 is 1.70 bits per heavy atom. The molecule has 0 aliphatic carbocycles. The van der Waals surface area contributed by atoms with E-state index < -0.39 is 24.0 Å². The van der Waals surface area contributed by atoms with Crippen LogP contribution in [0.25, 0.3) is 0 Å². The fourth-order valence-electron chi connectivity index (χ4n) is 2.74. The maximum absolute atomic E-state index is 12.3. The SMILES string of the molecule is CNC(=O)c1ccc(NC(=O)COC(=O)c2ccc(=O)n(CCOc3ccccc3)n2)cc1. The van der Waals surface area contributed by atoms with E-state index in [1.807, 2.05) is 18.2 Å². The Kier molecular flexibility index (Phi) is 7.90. The van der Waals surface area contributed by atoms with Crippen LogP contribution in [-0.2, 0) is 16.1 Å². The van der Waals surface area contributed by atoms with Gasteiger partial charge in [0.15, 0.2) is 12.3 Å². The summed E-state index contributed by atoms with van der Waals surface area (Å²) in [6.07, 6.45) is 0. The number of ether oxygens (including phenoxy) is 2. The number of carbonyl (C=O) groups is 3. The smallest absolute Gasteiger partial charge is 0.359 e. The van der Waals surface area contributed by atoms with Crippen LogP contribution in [0.1, 0.15) is 20.8 Å². The van der Waals surface area contributed by atoms with E-state index in [9.17, 15) is 19.2 Å². The first kappa shape index (κ1) is 23.2. The zero-order valence-electron chi connectivity index (χ0n) is 17.8. The molecule has 3 rings (SSSR count). The van der Waals surface area contributed by atoms with Crippen molar-refractivity contribution in [2.24, 2.45) is 0 Å². The maximum atomic E-state index is 12.3. The normalized spacial score (nSPS) is 10.2. The molecule has 0 aliphatic heterocycles. The average molecular weight is 450 g/mol. The highest BCUT2D eigenvalue weighted by Crippen LogP contribution is 2.10. The molecular formula is C23H22N4O6. The van der Waals surface area contributed by atoms with E-state index in [1.165, 1.54) is 19.2 Å². The minimum Gasteiger partial charge on any atom is -0.492 e. The van der Waals surface area contributed by atoms with E-state index in [-0.39, 0.29) is 24.8 Å². The number of benzene rings is 2. The summed E-state index contributed by atoms with van der Waals surface area (Å²) in [4.78, 5) is 47.8. The molecule has 1 heterocycles. The first-order chi connectivity index (χ1) is 16.0. The van der Waals surface area contributed by atoms with Gasteiger partial charge in [-0.3, -0.25) is 14.4 Å². The molecule has 0 atom stereocenters. The number of carbonyl (C=O) groups excluding carboxylic acids is 3. The molecule has 0 saturated heterocycles. The number of nitrogens with zero attached hydrogens (tertiary/aromatic N) is 2. The number of aromatic nitrogens is 2. The molecule has 0 aliphatic rings. The zero-order valence-corrected chi connectivity index (χ0v) is 17.8. The minimum atomic E-state index is -0.849. The molecule has 0 fully saturated rings. The summed E-state index contributed by atoms with van der Waals surface area (Å²) in [5.41, 5.74) is 0.365. The average Bonchev–Trinajstić information content (AvgIpc) is 2.84. The summed E-state index contributed by atoms with van der Waals surface area (Å²) >= 11 is 0. The largest absolute Gasteiger partial charge is 0.492 e. The molecule has 10 nitrogen and oxygen atoms in total. The molecular weight excluding hydrogens is 428 g/mol. The van der Waals surface area contributed by atoms with Crippen LogP contribution < -0.4 is 20.9 Å². The van der Waals surface area contributed by atoms with Crippen LogP contribution in [0, 0.1) is 0 Å². The summed E-state index contributed by atoms with van der Waals surface area (Å²) in [5, 5.41) is 9.03. The number of hydrogen-bond acceptors (Lipinski definition) is 7. The zero-order chi connectivity index (χ0) is 23.6. The molecule has 170 valence electrons.